The van der Waals surface area contributed by atoms with Crippen molar-refractivity contribution in [2.75, 3.05) is 19.3 Å². The minimum atomic E-state index is 0.577. The number of nitrogens with two attached hydrogens (primary N) is 1. The van der Waals surface area contributed by atoms with E-state index in [0.717, 1.165) is 22.1 Å². The van der Waals surface area contributed by atoms with Crippen LogP contribution in [0.25, 0.3) is 11.0 Å². The van der Waals surface area contributed by atoms with Gasteiger partial charge in [-0.2, -0.15) is 0 Å². The summed E-state index contributed by atoms with van der Waals surface area (Å²) < 4.78 is 3.17. The Bertz CT molecular complexity index is 578. The molecule has 2 aromatic rings. The Balaban J connectivity index is 1.98. The molecule has 1 saturated heterocycles. The zero-order valence-corrected chi connectivity index (χ0v) is 12.0. The molecule has 96 valence electrons. The Morgan fingerprint density at radius 1 is 1.50 bits per heavy atom. The smallest absolute Gasteiger partial charge is 0.201 e. The highest BCUT2D eigenvalue weighted by atomic mass is 79.9. The van der Waals surface area contributed by atoms with Crippen LogP contribution in [0.1, 0.15) is 12.8 Å². The van der Waals surface area contributed by atoms with Gasteiger partial charge in [0.25, 0.3) is 0 Å². The Morgan fingerprint density at radius 3 is 3.06 bits per heavy atom. The summed E-state index contributed by atoms with van der Waals surface area (Å²) in [6.45, 7) is 2.11. The molecule has 3 rings (SSSR count). The number of likely N-dealkylation sites (N-methyl/N-ethyl adjacent to an activating group) is 1. The van der Waals surface area contributed by atoms with Crippen LogP contribution in [-0.2, 0) is 6.54 Å². The molecule has 1 fully saturated rings. The first-order valence-corrected chi connectivity index (χ1v) is 7.06. The zero-order chi connectivity index (χ0) is 12.7. The van der Waals surface area contributed by atoms with E-state index in [4.69, 9.17) is 5.73 Å². The molecule has 1 aromatic carbocycles. The molecule has 1 unspecified atom stereocenters. The second-order valence-corrected chi connectivity index (χ2v) is 5.91. The topological polar surface area (TPSA) is 47.1 Å². The molecule has 0 aliphatic carbocycles. The van der Waals surface area contributed by atoms with Crippen LogP contribution in [0.3, 0.4) is 0 Å². The number of rotatable bonds is 2. The van der Waals surface area contributed by atoms with Crippen molar-refractivity contribution in [2.24, 2.45) is 0 Å². The molecule has 0 saturated carbocycles. The van der Waals surface area contributed by atoms with Crippen molar-refractivity contribution in [1.29, 1.82) is 0 Å². The fourth-order valence-corrected chi connectivity index (χ4v) is 3.08. The van der Waals surface area contributed by atoms with E-state index in [1.807, 2.05) is 12.1 Å². The van der Waals surface area contributed by atoms with Gasteiger partial charge in [-0.1, -0.05) is 15.9 Å². The Kier molecular flexibility index (Phi) is 3.03. The average molecular weight is 309 g/mol. The minimum absolute atomic E-state index is 0.577. The summed E-state index contributed by atoms with van der Waals surface area (Å²) in [6, 6.07) is 6.71. The number of imidazole rings is 1. The van der Waals surface area contributed by atoms with E-state index in [0.29, 0.717) is 12.0 Å². The number of likely N-dealkylation sites (tertiary alicyclic amines) is 1. The van der Waals surface area contributed by atoms with E-state index >= 15 is 0 Å². The Labute approximate surface area is 115 Å². The van der Waals surface area contributed by atoms with Gasteiger partial charge in [0.1, 0.15) is 0 Å². The highest BCUT2D eigenvalue weighted by molar-refractivity contribution is 9.10. The van der Waals surface area contributed by atoms with Crippen LogP contribution < -0.4 is 5.73 Å². The lowest BCUT2D eigenvalue weighted by Gasteiger charge is -2.20. The van der Waals surface area contributed by atoms with Gasteiger partial charge in [0.05, 0.1) is 11.0 Å². The van der Waals surface area contributed by atoms with Gasteiger partial charge < -0.3 is 15.2 Å². The Morgan fingerprint density at radius 2 is 2.33 bits per heavy atom. The third kappa shape index (κ3) is 2.01. The maximum atomic E-state index is 6.04. The Hall–Kier alpha value is -1.07. The third-order valence-electron chi connectivity index (χ3n) is 3.80. The minimum Gasteiger partial charge on any atom is -0.369 e. The van der Waals surface area contributed by atoms with Crippen LogP contribution in [0.15, 0.2) is 22.7 Å². The van der Waals surface area contributed by atoms with Crippen molar-refractivity contribution in [3.63, 3.8) is 0 Å². The predicted octanol–water partition coefficient (Wildman–Crippen LogP) is 2.48. The van der Waals surface area contributed by atoms with Gasteiger partial charge in [-0.15, -0.1) is 0 Å². The van der Waals surface area contributed by atoms with Crippen LogP contribution in [0.5, 0.6) is 0 Å². The first kappa shape index (κ1) is 12.0. The molecule has 1 aliphatic rings. The van der Waals surface area contributed by atoms with Crippen molar-refractivity contribution in [3.8, 4) is 0 Å². The van der Waals surface area contributed by atoms with E-state index in [9.17, 15) is 0 Å². The zero-order valence-electron chi connectivity index (χ0n) is 10.4. The molecule has 18 heavy (non-hydrogen) atoms. The van der Waals surface area contributed by atoms with E-state index in [1.54, 1.807) is 0 Å². The fourth-order valence-electron chi connectivity index (χ4n) is 2.73. The van der Waals surface area contributed by atoms with E-state index in [2.05, 4.69) is 43.5 Å². The average Bonchev–Trinajstić information content (AvgIpc) is 2.85. The van der Waals surface area contributed by atoms with Crippen LogP contribution in [0, 0.1) is 0 Å². The number of halogens is 1. The first-order chi connectivity index (χ1) is 8.65. The molecule has 2 N–H and O–H groups in total. The monoisotopic (exact) mass is 308 g/mol. The van der Waals surface area contributed by atoms with Gasteiger partial charge in [0.15, 0.2) is 0 Å². The SMILES string of the molecule is CN1CCCC1Cn1c(N)nc2cc(Br)ccc21. The van der Waals surface area contributed by atoms with Gasteiger partial charge in [0, 0.05) is 17.1 Å². The summed E-state index contributed by atoms with van der Waals surface area (Å²) in [5, 5.41) is 0. The van der Waals surface area contributed by atoms with Gasteiger partial charge in [-0.25, -0.2) is 4.98 Å². The first-order valence-electron chi connectivity index (χ1n) is 6.26. The highest BCUT2D eigenvalue weighted by Crippen LogP contribution is 2.24. The number of anilines is 1. The largest absolute Gasteiger partial charge is 0.369 e. The van der Waals surface area contributed by atoms with Crippen LogP contribution in [-0.4, -0.2) is 34.1 Å². The number of benzene rings is 1. The fraction of sp³-hybridized carbons (Fsp3) is 0.462. The lowest BCUT2D eigenvalue weighted by atomic mass is 10.2. The predicted molar refractivity (Wildman–Crippen MR) is 77.5 cm³/mol. The van der Waals surface area contributed by atoms with Crippen molar-refractivity contribution in [1.82, 2.24) is 14.5 Å². The van der Waals surface area contributed by atoms with Crippen LogP contribution in [0.2, 0.25) is 0 Å². The normalized spacial score (nSPS) is 20.9. The number of fused-ring (bicyclic) bond motifs is 1. The molecule has 0 bridgehead atoms. The molecule has 2 heterocycles. The van der Waals surface area contributed by atoms with Crippen molar-refractivity contribution >= 4 is 32.9 Å². The number of nitrogens with zero attached hydrogens (tertiary/aromatic N) is 3. The van der Waals surface area contributed by atoms with Crippen LogP contribution in [0.4, 0.5) is 5.95 Å². The quantitative estimate of drug-likeness (QED) is 0.927. The summed E-state index contributed by atoms with van der Waals surface area (Å²) in [4.78, 5) is 6.84. The van der Waals surface area contributed by atoms with Gasteiger partial charge >= 0.3 is 0 Å². The molecule has 4 nitrogen and oxygen atoms in total. The second kappa shape index (κ2) is 4.55. The van der Waals surface area contributed by atoms with Gasteiger partial charge in [0.2, 0.25) is 5.95 Å². The number of nitrogen functional groups attached to an aromatic ring is 1. The van der Waals surface area contributed by atoms with E-state index in [-0.39, 0.29) is 0 Å². The maximum absolute atomic E-state index is 6.04. The molecule has 0 spiro atoms. The van der Waals surface area contributed by atoms with Crippen molar-refractivity contribution in [2.45, 2.75) is 25.4 Å². The van der Waals surface area contributed by atoms with Crippen molar-refractivity contribution in [3.05, 3.63) is 22.7 Å². The number of hydrogen-bond donors (Lipinski definition) is 1. The highest BCUT2D eigenvalue weighted by Gasteiger charge is 2.22. The summed E-state index contributed by atoms with van der Waals surface area (Å²) in [5.41, 5.74) is 8.13. The lowest BCUT2D eigenvalue weighted by molar-refractivity contribution is 0.285. The molecular formula is C13H17BrN4. The molecule has 1 atom stereocenters. The summed E-state index contributed by atoms with van der Waals surface area (Å²) in [7, 11) is 2.18. The van der Waals surface area contributed by atoms with Gasteiger partial charge in [-0.3, -0.25) is 0 Å². The van der Waals surface area contributed by atoms with Crippen molar-refractivity contribution < 1.29 is 0 Å². The third-order valence-corrected chi connectivity index (χ3v) is 4.30. The molecule has 1 aliphatic heterocycles. The number of aromatic nitrogens is 2. The molecular weight excluding hydrogens is 292 g/mol. The standard InChI is InChI=1S/C13H17BrN4/c1-17-6-2-3-10(17)8-18-12-5-4-9(14)7-11(12)16-13(18)15/h4-5,7,10H,2-3,6,8H2,1H3,(H2,15,16). The van der Waals surface area contributed by atoms with E-state index in [1.165, 1.54) is 19.4 Å². The van der Waals surface area contributed by atoms with E-state index < -0.39 is 0 Å². The van der Waals surface area contributed by atoms with Gasteiger partial charge in [-0.05, 0) is 44.6 Å². The molecule has 1 aromatic heterocycles. The summed E-state index contributed by atoms with van der Waals surface area (Å²) in [6.07, 6.45) is 2.52. The summed E-state index contributed by atoms with van der Waals surface area (Å²) in [5.74, 6) is 0.614. The maximum Gasteiger partial charge on any atom is 0.201 e. The summed E-state index contributed by atoms with van der Waals surface area (Å²) >= 11 is 3.47. The molecule has 0 radical (unpaired) electrons. The lowest BCUT2D eigenvalue weighted by Crippen LogP contribution is -2.29. The molecule has 5 heteroatoms. The number of hydrogen-bond acceptors (Lipinski definition) is 3. The van der Waals surface area contributed by atoms with Crippen LogP contribution >= 0.6 is 15.9 Å². The molecule has 0 amide bonds. The second-order valence-electron chi connectivity index (χ2n) is 4.99.